The van der Waals surface area contributed by atoms with Gasteiger partial charge >= 0.3 is 0 Å². The first-order chi connectivity index (χ1) is 31.5. The van der Waals surface area contributed by atoms with Gasteiger partial charge in [-0.25, -0.2) is 15.0 Å². The SMILES string of the molecule is CC1(C)c2ccccc2-c2c(-c3nc(-c4ccccc4)nc(-c4ccc5c(c4)sc4ccc(-c6cccc(-c7ccc8c9ccccc9c9ccccc9c8c7)c6)cc45)n3)cccc21. The molecule has 10 aromatic carbocycles. The normalized spacial score (nSPS) is 13.0. The van der Waals surface area contributed by atoms with Crippen LogP contribution in [0, 0.1) is 0 Å². The average Bonchev–Trinajstić information content (AvgIpc) is 3.84. The highest BCUT2D eigenvalue weighted by Crippen LogP contribution is 2.52. The largest absolute Gasteiger partial charge is 0.208 e. The second kappa shape index (κ2) is 14.1. The van der Waals surface area contributed by atoms with E-state index >= 15 is 0 Å². The third kappa shape index (κ3) is 5.69. The first kappa shape index (κ1) is 36.8. The van der Waals surface area contributed by atoms with E-state index in [4.69, 9.17) is 15.0 Å². The van der Waals surface area contributed by atoms with E-state index in [0.717, 1.165) is 16.7 Å². The van der Waals surface area contributed by atoms with Gasteiger partial charge in [-0.3, -0.25) is 0 Å². The van der Waals surface area contributed by atoms with Crippen LogP contribution in [0.1, 0.15) is 25.0 Å². The molecule has 0 spiro atoms. The molecule has 0 saturated heterocycles. The quantitative estimate of drug-likeness (QED) is 0.162. The Morgan fingerprint density at radius 3 is 1.56 bits per heavy atom. The van der Waals surface area contributed by atoms with Crippen molar-refractivity contribution in [2.24, 2.45) is 0 Å². The molecule has 12 aromatic rings. The molecular formula is C60H39N3S. The zero-order chi connectivity index (χ0) is 42.5. The predicted octanol–water partition coefficient (Wildman–Crippen LogP) is 16.3. The molecular weight excluding hydrogens is 795 g/mol. The van der Waals surface area contributed by atoms with Gasteiger partial charge < -0.3 is 0 Å². The maximum absolute atomic E-state index is 5.27. The number of rotatable bonds is 5. The van der Waals surface area contributed by atoms with E-state index in [9.17, 15) is 0 Å². The van der Waals surface area contributed by atoms with Crippen molar-refractivity contribution in [2.75, 3.05) is 0 Å². The highest BCUT2D eigenvalue weighted by molar-refractivity contribution is 7.25. The number of nitrogens with zero attached hydrogens (tertiary/aromatic N) is 3. The Morgan fingerprint density at radius 2 is 0.812 bits per heavy atom. The Labute approximate surface area is 375 Å². The minimum absolute atomic E-state index is 0.127. The molecule has 1 aliphatic rings. The van der Waals surface area contributed by atoms with Crippen LogP contribution in [0.5, 0.6) is 0 Å². The number of aromatic nitrogens is 3. The van der Waals surface area contributed by atoms with E-state index in [0.29, 0.717) is 17.5 Å². The van der Waals surface area contributed by atoms with Crippen LogP contribution in [-0.2, 0) is 5.41 Å². The molecule has 0 aliphatic heterocycles. The third-order valence-corrected chi connectivity index (χ3v) is 14.7. The summed E-state index contributed by atoms with van der Waals surface area (Å²) in [5, 5.41) is 10.2. The first-order valence-corrected chi connectivity index (χ1v) is 22.7. The summed E-state index contributed by atoms with van der Waals surface area (Å²) in [7, 11) is 0. The molecule has 0 N–H and O–H groups in total. The van der Waals surface area contributed by atoms with Gasteiger partial charge in [0.15, 0.2) is 17.5 Å². The Hall–Kier alpha value is -7.79. The van der Waals surface area contributed by atoms with Crippen molar-refractivity contribution < 1.29 is 0 Å². The Morgan fingerprint density at radius 1 is 0.312 bits per heavy atom. The fourth-order valence-electron chi connectivity index (χ4n) is 10.3. The lowest BCUT2D eigenvalue weighted by molar-refractivity contribution is 0.660. The number of hydrogen-bond acceptors (Lipinski definition) is 4. The lowest BCUT2D eigenvalue weighted by Gasteiger charge is -2.21. The second-order valence-electron chi connectivity index (χ2n) is 17.5. The summed E-state index contributed by atoms with van der Waals surface area (Å²) in [6.07, 6.45) is 0. The molecule has 0 radical (unpaired) electrons. The van der Waals surface area contributed by atoms with Gasteiger partial charge in [-0.05, 0) is 107 Å². The van der Waals surface area contributed by atoms with Crippen molar-refractivity contribution in [1.29, 1.82) is 0 Å². The zero-order valence-electron chi connectivity index (χ0n) is 35.3. The summed E-state index contributed by atoms with van der Waals surface area (Å²) < 4.78 is 2.46. The molecule has 0 fully saturated rings. The number of hydrogen-bond donors (Lipinski definition) is 0. The Balaban J connectivity index is 0.896. The molecule has 0 atom stereocenters. The maximum Gasteiger partial charge on any atom is 0.164 e. The predicted molar refractivity (Wildman–Crippen MR) is 270 cm³/mol. The van der Waals surface area contributed by atoms with E-state index in [1.807, 2.05) is 29.5 Å². The number of fused-ring (bicyclic) bond motifs is 12. The Bertz CT molecular complexity index is 3850. The molecule has 0 amide bonds. The van der Waals surface area contributed by atoms with Crippen molar-refractivity contribution in [1.82, 2.24) is 15.0 Å². The third-order valence-electron chi connectivity index (χ3n) is 13.5. The van der Waals surface area contributed by atoms with Crippen molar-refractivity contribution in [3.05, 3.63) is 211 Å². The van der Waals surface area contributed by atoms with Crippen molar-refractivity contribution in [3.63, 3.8) is 0 Å². The molecule has 300 valence electrons. The lowest BCUT2D eigenvalue weighted by atomic mass is 9.82. The minimum atomic E-state index is -0.127. The van der Waals surface area contributed by atoms with E-state index in [2.05, 4.69) is 196 Å². The lowest BCUT2D eigenvalue weighted by Crippen LogP contribution is -2.14. The van der Waals surface area contributed by atoms with Gasteiger partial charge in [0.2, 0.25) is 0 Å². The molecule has 0 bridgehead atoms. The van der Waals surface area contributed by atoms with Crippen molar-refractivity contribution >= 4 is 63.8 Å². The molecule has 13 rings (SSSR count). The van der Waals surface area contributed by atoms with Crippen LogP contribution in [0.2, 0.25) is 0 Å². The topological polar surface area (TPSA) is 38.7 Å². The van der Waals surface area contributed by atoms with Crippen LogP contribution in [0.15, 0.2) is 200 Å². The Kier molecular flexibility index (Phi) is 8.12. The van der Waals surface area contributed by atoms with E-state index in [-0.39, 0.29) is 5.41 Å². The minimum Gasteiger partial charge on any atom is -0.208 e. The van der Waals surface area contributed by atoms with Gasteiger partial charge in [-0.1, -0.05) is 184 Å². The standard InChI is InChI=1S/C60H39N3S/c1-60(2)52-24-11-10-22-48(52)56-49(23-13-25-53(56)60)59-62-57(36-14-4-3-5-15-36)61-58(63-59)41-27-30-47-51-34-40(28-31-54(51)64-55(47)35-41)38-17-12-16-37(32-38)39-26-29-46-44-20-7-6-18-42(44)43-19-8-9-21-45(43)50(46)33-39/h3-35H,1-2H3. The van der Waals surface area contributed by atoms with Crippen molar-refractivity contribution in [2.45, 2.75) is 19.3 Å². The van der Waals surface area contributed by atoms with Gasteiger partial charge in [0.05, 0.1) is 0 Å². The summed E-state index contributed by atoms with van der Waals surface area (Å²) in [5.41, 5.74) is 12.7. The maximum atomic E-state index is 5.27. The number of benzene rings is 10. The van der Waals surface area contributed by atoms with Gasteiger partial charge in [-0.15, -0.1) is 11.3 Å². The van der Waals surface area contributed by atoms with Crippen LogP contribution >= 0.6 is 11.3 Å². The molecule has 4 heteroatoms. The van der Waals surface area contributed by atoms with Gasteiger partial charge in [0, 0.05) is 42.3 Å². The van der Waals surface area contributed by atoms with Crippen LogP contribution in [0.4, 0.5) is 0 Å². The average molecular weight is 834 g/mol. The first-order valence-electron chi connectivity index (χ1n) is 21.9. The summed E-state index contributed by atoms with van der Waals surface area (Å²) in [5.74, 6) is 2.01. The van der Waals surface area contributed by atoms with Crippen LogP contribution in [0.25, 0.3) is 120 Å². The molecule has 3 nitrogen and oxygen atoms in total. The van der Waals surface area contributed by atoms with Crippen LogP contribution in [0.3, 0.4) is 0 Å². The second-order valence-corrected chi connectivity index (χ2v) is 18.6. The molecule has 0 saturated carbocycles. The van der Waals surface area contributed by atoms with Crippen LogP contribution < -0.4 is 0 Å². The highest BCUT2D eigenvalue weighted by atomic mass is 32.1. The van der Waals surface area contributed by atoms with E-state index in [1.165, 1.54) is 97.0 Å². The van der Waals surface area contributed by atoms with Crippen LogP contribution in [-0.4, -0.2) is 15.0 Å². The molecule has 64 heavy (non-hydrogen) atoms. The number of thiophene rings is 1. The smallest absolute Gasteiger partial charge is 0.164 e. The fraction of sp³-hybridized carbons (Fsp3) is 0.0500. The van der Waals surface area contributed by atoms with E-state index < -0.39 is 0 Å². The monoisotopic (exact) mass is 833 g/mol. The van der Waals surface area contributed by atoms with Gasteiger partial charge in [0.25, 0.3) is 0 Å². The molecule has 2 heterocycles. The molecule has 2 aromatic heterocycles. The molecule has 1 aliphatic carbocycles. The van der Waals surface area contributed by atoms with Crippen molar-refractivity contribution in [3.8, 4) is 67.5 Å². The van der Waals surface area contributed by atoms with E-state index in [1.54, 1.807) is 0 Å². The highest BCUT2D eigenvalue weighted by Gasteiger charge is 2.37. The summed E-state index contributed by atoms with van der Waals surface area (Å²) in [4.78, 5) is 15.6. The zero-order valence-corrected chi connectivity index (χ0v) is 36.1. The fourth-order valence-corrected chi connectivity index (χ4v) is 11.5. The molecule has 0 unspecified atom stereocenters. The summed E-state index contributed by atoms with van der Waals surface area (Å²) in [6, 6.07) is 72.6. The summed E-state index contributed by atoms with van der Waals surface area (Å²) in [6.45, 7) is 4.62. The summed E-state index contributed by atoms with van der Waals surface area (Å²) >= 11 is 1.82. The van der Waals surface area contributed by atoms with Gasteiger partial charge in [-0.2, -0.15) is 0 Å². The van der Waals surface area contributed by atoms with Gasteiger partial charge in [0.1, 0.15) is 0 Å².